The number of anilines is 1. The van der Waals surface area contributed by atoms with Gasteiger partial charge in [0.1, 0.15) is 23.9 Å². The topological polar surface area (TPSA) is 89.1 Å². The number of benzene rings is 3. The summed E-state index contributed by atoms with van der Waals surface area (Å²) in [4.78, 5) is 28.2. The zero-order valence-electron chi connectivity index (χ0n) is 22.3. The zero-order chi connectivity index (χ0) is 27.1. The number of carbonyl (C=O) groups excluding carboxylic acids is 2. The van der Waals surface area contributed by atoms with Gasteiger partial charge >= 0.3 is 0 Å². The fourth-order valence-corrected chi connectivity index (χ4v) is 4.27. The highest BCUT2D eigenvalue weighted by Crippen LogP contribution is 2.27. The van der Waals surface area contributed by atoms with Crippen molar-refractivity contribution in [3.8, 4) is 17.2 Å². The third-order valence-electron chi connectivity index (χ3n) is 6.56. The second kappa shape index (κ2) is 12.6. The van der Waals surface area contributed by atoms with Crippen LogP contribution in [0.25, 0.3) is 0 Å². The van der Waals surface area contributed by atoms with Crippen LogP contribution in [0.15, 0.2) is 72.8 Å². The lowest BCUT2D eigenvalue weighted by Gasteiger charge is -2.30. The van der Waals surface area contributed by atoms with Crippen LogP contribution < -0.4 is 20.1 Å². The molecule has 8 nitrogen and oxygen atoms in total. The first kappa shape index (κ1) is 27.2. The van der Waals surface area contributed by atoms with Gasteiger partial charge in [-0.25, -0.2) is 0 Å². The highest BCUT2D eigenvalue weighted by molar-refractivity contribution is 6.05. The Hall–Kier alpha value is -3.88. The average Bonchev–Trinajstić information content (AvgIpc) is 2.93. The van der Waals surface area contributed by atoms with Gasteiger partial charge in [0.25, 0.3) is 11.8 Å². The van der Waals surface area contributed by atoms with Crippen molar-refractivity contribution in [1.29, 1.82) is 0 Å². The highest BCUT2D eigenvalue weighted by Gasteiger charge is 2.25. The van der Waals surface area contributed by atoms with Crippen LogP contribution in [0.3, 0.4) is 0 Å². The largest absolute Gasteiger partial charge is 0.491 e. The Labute approximate surface area is 223 Å². The van der Waals surface area contributed by atoms with Crippen LogP contribution in [-0.2, 0) is 4.74 Å². The SMILES string of the molecule is CO[C@@H]1CN(C)C(=O)c2cc(NC(=O)c3cccc(Oc4ccccc4)c3)ccc2OC[C@H](C)NC[C@@H]1C. The number of nitrogens with zero attached hydrogens (tertiary/aromatic N) is 1. The molecule has 0 aromatic heterocycles. The maximum Gasteiger partial charge on any atom is 0.257 e. The molecule has 0 saturated carbocycles. The monoisotopic (exact) mass is 517 g/mol. The summed E-state index contributed by atoms with van der Waals surface area (Å²) in [6.45, 7) is 5.71. The standard InChI is InChI=1S/C30H35N3O5/c1-20-17-31-21(2)19-37-27-14-13-23(16-26(27)30(35)33(3)18-28(20)36-4)32-29(34)22-9-8-12-25(15-22)38-24-10-6-5-7-11-24/h5-16,20-21,28,31H,17-19H2,1-4H3,(H,32,34)/t20-,21-,28+/m0/s1. The van der Waals surface area contributed by atoms with Crippen molar-refractivity contribution >= 4 is 17.5 Å². The lowest BCUT2D eigenvalue weighted by atomic mass is 10.0. The number of amides is 2. The molecule has 2 amide bonds. The molecular formula is C30H35N3O5. The van der Waals surface area contributed by atoms with Gasteiger partial charge in [-0.2, -0.15) is 0 Å². The fraction of sp³-hybridized carbons (Fsp3) is 0.333. The van der Waals surface area contributed by atoms with E-state index in [2.05, 4.69) is 17.6 Å². The van der Waals surface area contributed by atoms with E-state index in [4.69, 9.17) is 14.2 Å². The molecular weight excluding hydrogens is 482 g/mol. The summed E-state index contributed by atoms with van der Waals surface area (Å²) in [7, 11) is 3.41. The summed E-state index contributed by atoms with van der Waals surface area (Å²) >= 11 is 0. The summed E-state index contributed by atoms with van der Waals surface area (Å²) in [6.07, 6.45) is -0.124. The Morgan fingerprint density at radius 3 is 2.55 bits per heavy atom. The van der Waals surface area contributed by atoms with Crippen LogP contribution in [0.2, 0.25) is 0 Å². The molecule has 0 bridgehead atoms. The number of hydrogen-bond acceptors (Lipinski definition) is 6. The van der Waals surface area contributed by atoms with E-state index >= 15 is 0 Å². The number of likely N-dealkylation sites (N-methyl/N-ethyl adjacent to an activating group) is 1. The molecule has 0 aliphatic carbocycles. The molecule has 0 radical (unpaired) electrons. The molecule has 0 fully saturated rings. The normalized spacial score (nSPS) is 20.4. The van der Waals surface area contributed by atoms with Crippen molar-refractivity contribution in [2.75, 3.05) is 39.2 Å². The quantitative estimate of drug-likeness (QED) is 0.504. The van der Waals surface area contributed by atoms with Gasteiger partial charge in [-0.1, -0.05) is 31.2 Å². The van der Waals surface area contributed by atoms with E-state index in [1.165, 1.54) is 0 Å². The van der Waals surface area contributed by atoms with Gasteiger partial charge in [-0.15, -0.1) is 0 Å². The molecule has 200 valence electrons. The highest BCUT2D eigenvalue weighted by atomic mass is 16.5. The second-order valence-corrected chi connectivity index (χ2v) is 9.67. The van der Waals surface area contributed by atoms with Gasteiger partial charge in [0, 0.05) is 44.5 Å². The molecule has 0 spiro atoms. The molecule has 3 aromatic rings. The van der Waals surface area contributed by atoms with Crippen LogP contribution in [-0.4, -0.2) is 62.7 Å². The van der Waals surface area contributed by atoms with Gasteiger partial charge in [0.05, 0.1) is 11.7 Å². The van der Waals surface area contributed by atoms with Crippen molar-refractivity contribution in [3.05, 3.63) is 83.9 Å². The summed E-state index contributed by atoms with van der Waals surface area (Å²) in [6, 6.07) is 21.5. The third kappa shape index (κ3) is 6.90. The number of rotatable bonds is 5. The molecule has 38 heavy (non-hydrogen) atoms. The summed E-state index contributed by atoms with van der Waals surface area (Å²) < 4.78 is 17.6. The summed E-state index contributed by atoms with van der Waals surface area (Å²) in [5, 5.41) is 6.37. The first-order valence-electron chi connectivity index (χ1n) is 12.8. The number of carbonyl (C=O) groups is 2. The molecule has 3 atom stereocenters. The Morgan fingerprint density at radius 2 is 1.79 bits per heavy atom. The minimum absolute atomic E-state index is 0.0832. The molecule has 2 N–H and O–H groups in total. The predicted octanol–water partition coefficient (Wildman–Crippen LogP) is 4.82. The molecule has 1 heterocycles. The minimum Gasteiger partial charge on any atom is -0.491 e. The van der Waals surface area contributed by atoms with Crippen LogP contribution in [0.4, 0.5) is 5.69 Å². The van der Waals surface area contributed by atoms with Crippen molar-refractivity contribution in [1.82, 2.24) is 10.2 Å². The summed E-state index contributed by atoms with van der Waals surface area (Å²) in [5.41, 5.74) is 1.30. The molecule has 1 aliphatic heterocycles. The van der Waals surface area contributed by atoms with E-state index in [0.717, 1.165) is 6.54 Å². The molecule has 0 saturated heterocycles. The van der Waals surface area contributed by atoms with Crippen LogP contribution in [0.5, 0.6) is 17.2 Å². The molecule has 8 heteroatoms. The second-order valence-electron chi connectivity index (χ2n) is 9.67. The molecule has 4 rings (SSSR count). The van der Waals surface area contributed by atoms with Crippen molar-refractivity contribution < 1.29 is 23.8 Å². The van der Waals surface area contributed by atoms with E-state index in [1.807, 2.05) is 37.3 Å². The van der Waals surface area contributed by atoms with E-state index in [1.54, 1.807) is 61.5 Å². The zero-order valence-corrected chi connectivity index (χ0v) is 22.3. The number of nitrogens with one attached hydrogen (secondary N) is 2. The predicted molar refractivity (Wildman–Crippen MR) is 147 cm³/mol. The van der Waals surface area contributed by atoms with Crippen molar-refractivity contribution in [2.45, 2.75) is 26.0 Å². The number of methoxy groups -OCH3 is 1. The van der Waals surface area contributed by atoms with Crippen molar-refractivity contribution in [3.63, 3.8) is 0 Å². The Bertz CT molecular complexity index is 1250. The number of fused-ring (bicyclic) bond motifs is 1. The van der Waals surface area contributed by atoms with Gasteiger partial charge < -0.3 is 29.7 Å². The average molecular weight is 518 g/mol. The Balaban J connectivity index is 1.55. The smallest absolute Gasteiger partial charge is 0.257 e. The fourth-order valence-electron chi connectivity index (χ4n) is 4.27. The maximum atomic E-state index is 13.5. The van der Waals surface area contributed by atoms with E-state index in [0.29, 0.717) is 47.2 Å². The van der Waals surface area contributed by atoms with Gasteiger partial charge in [-0.05, 0) is 61.4 Å². The van der Waals surface area contributed by atoms with Gasteiger partial charge in [0.2, 0.25) is 0 Å². The third-order valence-corrected chi connectivity index (χ3v) is 6.56. The van der Waals surface area contributed by atoms with Crippen LogP contribution in [0.1, 0.15) is 34.6 Å². The Kier molecular flexibility index (Phi) is 8.99. The Morgan fingerprint density at radius 1 is 1.03 bits per heavy atom. The lowest BCUT2D eigenvalue weighted by Crippen LogP contribution is -2.44. The van der Waals surface area contributed by atoms with Crippen LogP contribution >= 0.6 is 0 Å². The molecule has 0 unspecified atom stereocenters. The molecule has 1 aliphatic rings. The number of hydrogen-bond donors (Lipinski definition) is 2. The van der Waals surface area contributed by atoms with E-state index < -0.39 is 0 Å². The van der Waals surface area contributed by atoms with Gasteiger partial charge in [-0.3, -0.25) is 9.59 Å². The minimum atomic E-state index is -0.315. The first-order chi connectivity index (χ1) is 18.3. The molecule has 3 aromatic carbocycles. The summed E-state index contributed by atoms with van der Waals surface area (Å²) in [5.74, 6) is 1.38. The van der Waals surface area contributed by atoms with E-state index in [-0.39, 0.29) is 29.9 Å². The first-order valence-corrected chi connectivity index (χ1v) is 12.8. The number of ether oxygens (including phenoxy) is 3. The number of para-hydroxylation sites is 1. The lowest BCUT2D eigenvalue weighted by molar-refractivity contribution is 0.0281. The van der Waals surface area contributed by atoms with E-state index in [9.17, 15) is 9.59 Å². The van der Waals surface area contributed by atoms with Crippen LogP contribution in [0, 0.1) is 5.92 Å². The van der Waals surface area contributed by atoms with Crippen molar-refractivity contribution in [2.24, 2.45) is 5.92 Å². The maximum absolute atomic E-state index is 13.5. The van der Waals surface area contributed by atoms with Gasteiger partial charge in [0.15, 0.2) is 0 Å².